The zero-order valence-corrected chi connectivity index (χ0v) is 21.0. The molecule has 2 saturated heterocycles. The van der Waals surface area contributed by atoms with Gasteiger partial charge in [-0.15, -0.1) is 0 Å². The number of hydrogen-bond acceptors (Lipinski definition) is 4. The SMILES string of the molecule is CCN1CCC(c2cccc(C#N)c2Cl)CC1.CCN1CCC(c2cccc(C#N)c2F)CC1. The average molecular weight is 481 g/mol. The summed E-state index contributed by atoms with van der Waals surface area (Å²) >= 11 is 6.28. The molecule has 0 spiro atoms. The summed E-state index contributed by atoms with van der Waals surface area (Å²) in [5, 5.41) is 18.5. The lowest BCUT2D eigenvalue weighted by Crippen LogP contribution is -2.32. The van der Waals surface area contributed by atoms with Gasteiger partial charge in [0.15, 0.2) is 0 Å². The molecule has 2 fully saturated rings. The number of halogens is 2. The third-order valence-corrected chi connectivity index (χ3v) is 7.67. The molecule has 0 amide bonds. The maximum Gasteiger partial charge on any atom is 0.144 e. The highest BCUT2D eigenvalue weighted by Gasteiger charge is 2.23. The van der Waals surface area contributed by atoms with Gasteiger partial charge in [0.25, 0.3) is 0 Å². The number of likely N-dealkylation sites (tertiary alicyclic amines) is 2. The Morgan fingerprint density at radius 3 is 1.71 bits per heavy atom. The molecule has 0 bridgehead atoms. The molecule has 0 saturated carbocycles. The molecule has 2 heterocycles. The summed E-state index contributed by atoms with van der Waals surface area (Å²) in [6.45, 7) is 10.9. The van der Waals surface area contributed by atoms with E-state index in [1.54, 1.807) is 18.2 Å². The number of nitrogens with zero attached hydrogens (tertiary/aromatic N) is 4. The van der Waals surface area contributed by atoms with Crippen LogP contribution in [-0.2, 0) is 0 Å². The molecular weight excluding hydrogens is 447 g/mol. The molecule has 0 N–H and O–H groups in total. The Morgan fingerprint density at radius 2 is 1.24 bits per heavy atom. The molecule has 0 aliphatic carbocycles. The summed E-state index contributed by atoms with van der Waals surface area (Å²) in [5.41, 5.74) is 2.64. The largest absolute Gasteiger partial charge is 0.304 e. The molecule has 0 aromatic heterocycles. The van der Waals surface area contributed by atoms with Gasteiger partial charge in [0, 0.05) is 0 Å². The molecule has 0 radical (unpaired) electrons. The third-order valence-electron chi connectivity index (χ3n) is 7.25. The molecule has 4 nitrogen and oxygen atoms in total. The van der Waals surface area contributed by atoms with E-state index in [1.165, 1.54) is 0 Å². The van der Waals surface area contributed by atoms with Crippen molar-refractivity contribution in [3.8, 4) is 12.1 Å². The van der Waals surface area contributed by atoms with Crippen molar-refractivity contribution in [1.82, 2.24) is 9.80 Å². The Balaban J connectivity index is 0.000000191. The van der Waals surface area contributed by atoms with Crippen LogP contribution in [0, 0.1) is 28.5 Å². The Morgan fingerprint density at radius 1 is 0.794 bits per heavy atom. The summed E-state index contributed by atoms with van der Waals surface area (Å²) < 4.78 is 14.0. The average Bonchev–Trinajstić information content (AvgIpc) is 2.89. The smallest absolute Gasteiger partial charge is 0.144 e. The van der Waals surface area contributed by atoms with Gasteiger partial charge in [0.1, 0.15) is 18.0 Å². The maximum absolute atomic E-state index is 14.0. The Labute approximate surface area is 208 Å². The molecule has 6 heteroatoms. The number of benzene rings is 2. The van der Waals surface area contributed by atoms with Gasteiger partial charge in [-0.3, -0.25) is 0 Å². The van der Waals surface area contributed by atoms with Gasteiger partial charge < -0.3 is 9.80 Å². The van der Waals surface area contributed by atoms with Crippen molar-refractivity contribution in [2.75, 3.05) is 39.3 Å². The molecule has 2 aromatic rings. The summed E-state index contributed by atoms with van der Waals surface area (Å²) in [4.78, 5) is 4.83. The van der Waals surface area contributed by atoms with Crippen molar-refractivity contribution in [3.05, 3.63) is 69.5 Å². The second-order valence-corrected chi connectivity index (χ2v) is 9.44. The van der Waals surface area contributed by atoms with E-state index in [-0.39, 0.29) is 17.3 Å². The molecule has 4 rings (SSSR count). The molecule has 0 atom stereocenters. The van der Waals surface area contributed by atoms with Crippen LogP contribution in [0.15, 0.2) is 36.4 Å². The van der Waals surface area contributed by atoms with Crippen molar-refractivity contribution >= 4 is 11.6 Å². The molecule has 180 valence electrons. The first-order valence-electron chi connectivity index (χ1n) is 12.3. The minimum absolute atomic E-state index is 0.167. The topological polar surface area (TPSA) is 54.1 Å². The van der Waals surface area contributed by atoms with Gasteiger partial charge in [0.2, 0.25) is 0 Å². The van der Waals surface area contributed by atoms with Crippen LogP contribution in [0.25, 0.3) is 0 Å². The highest BCUT2D eigenvalue weighted by Crippen LogP contribution is 2.34. The van der Waals surface area contributed by atoms with Gasteiger partial charge in [-0.25, -0.2) is 4.39 Å². The zero-order chi connectivity index (χ0) is 24.5. The first-order chi connectivity index (χ1) is 16.5. The van der Waals surface area contributed by atoms with E-state index in [2.05, 4.69) is 35.8 Å². The quantitative estimate of drug-likeness (QED) is 0.514. The van der Waals surface area contributed by atoms with E-state index in [4.69, 9.17) is 22.1 Å². The van der Waals surface area contributed by atoms with Gasteiger partial charge in [0.05, 0.1) is 16.1 Å². The molecule has 34 heavy (non-hydrogen) atoms. The van der Waals surface area contributed by atoms with Crippen LogP contribution in [-0.4, -0.2) is 49.1 Å². The summed E-state index contributed by atoms with van der Waals surface area (Å²) in [5.74, 6) is 0.467. The van der Waals surface area contributed by atoms with Crippen LogP contribution in [0.5, 0.6) is 0 Å². The van der Waals surface area contributed by atoms with Gasteiger partial charge in [-0.05, 0) is 100 Å². The standard InChI is InChI=1S/C14H17ClN2.C14H17FN2/c2*1-2-17-8-6-11(7-9-17)13-5-3-4-12(10-16)14(13)15/h2*3-5,11H,2,6-9H2,1H3. The highest BCUT2D eigenvalue weighted by molar-refractivity contribution is 6.32. The van der Waals surface area contributed by atoms with Crippen LogP contribution < -0.4 is 0 Å². The molecule has 0 unspecified atom stereocenters. The minimum Gasteiger partial charge on any atom is -0.304 e. The van der Waals surface area contributed by atoms with Crippen molar-refractivity contribution in [1.29, 1.82) is 10.5 Å². The Hall–Kier alpha value is -2.44. The molecule has 2 aliphatic rings. The van der Waals surface area contributed by atoms with E-state index in [0.29, 0.717) is 16.5 Å². The maximum atomic E-state index is 14.0. The Bertz CT molecular complexity index is 942. The highest BCUT2D eigenvalue weighted by atomic mass is 35.5. The predicted molar refractivity (Wildman–Crippen MR) is 135 cm³/mol. The lowest BCUT2D eigenvalue weighted by Gasteiger charge is -2.31. The summed E-state index contributed by atoms with van der Waals surface area (Å²) in [7, 11) is 0. The zero-order valence-electron chi connectivity index (χ0n) is 20.2. The Kier molecular flexibility index (Phi) is 9.90. The van der Waals surface area contributed by atoms with Crippen LogP contribution in [0.2, 0.25) is 5.02 Å². The number of piperidine rings is 2. The second-order valence-electron chi connectivity index (χ2n) is 9.06. The lowest BCUT2D eigenvalue weighted by molar-refractivity contribution is 0.220. The van der Waals surface area contributed by atoms with E-state index in [1.807, 2.05) is 18.2 Å². The fourth-order valence-corrected chi connectivity index (χ4v) is 5.35. The van der Waals surface area contributed by atoms with Gasteiger partial charge >= 0.3 is 0 Å². The third kappa shape index (κ3) is 6.36. The van der Waals surface area contributed by atoms with Crippen LogP contribution in [0.1, 0.15) is 73.6 Å². The number of hydrogen-bond donors (Lipinski definition) is 0. The van der Waals surface area contributed by atoms with Crippen molar-refractivity contribution in [2.24, 2.45) is 0 Å². The van der Waals surface area contributed by atoms with E-state index in [9.17, 15) is 4.39 Å². The van der Waals surface area contributed by atoms with Crippen LogP contribution >= 0.6 is 11.6 Å². The van der Waals surface area contributed by atoms with Gasteiger partial charge in [-0.1, -0.05) is 49.7 Å². The van der Waals surface area contributed by atoms with Crippen molar-refractivity contribution in [2.45, 2.75) is 51.4 Å². The monoisotopic (exact) mass is 480 g/mol. The minimum atomic E-state index is -0.315. The first kappa shape index (κ1) is 26.2. The fourth-order valence-electron chi connectivity index (χ4n) is 5.02. The first-order valence-corrected chi connectivity index (χ1v) is 12.7. The molecule has 2 aromatic carbocycles. The van der Waals surface area contributed by atoms with Crippen molar-refractivity contribution < 1.29 is 4.39 Å². The van der Waals surface area contributed by atoms with E-state index in [0.717, 1.165) is 76.1 Å². The normalized spacial score (nSPS) is 17.9. The predicted octanol–water partition coefficient (Wildman–Crippen LogP) is 6.31. The van der Waals surface area contributed by atoms with Crippen LogP contribution in [0.4, 0.5) is 4.39 Å². The number of nitriles is 2. The van der Waals surface area contributed by atoms with Gasteiger partial charge in [-0.2, -0.15) is 10.5 Å². The van der Waals surface area contributed by atoms with E-state index >= 15 is 0 Å². The molecule has 2 aliphatic heterocycles. The fraction of sp³-hybridized carbons (Fsp3) is 0.500. The lowest BCUT2D eigenvalue weighted by atomic mass is 9.88. The van der Waals surface area contributed by atoms with E-state index < -0.39 is 0 Å². The van der Waals surface area contributed by atoms with Crippen molar-refractivity contribution in [3.63, 3.8) is 0 Å². The second kappa shape index (κ2) is 12.9. The number of rotatable bonds is 4. The molecular formula is C28H34ClFN4. The summed E-state index contributed by atoms with van der Waals surface area (Å²) in [6, 6.07) is 15.0. The summed E-state index contributed by atoms with van der Waals surface area (Å²) in [6.07, 6.45) is 4.25. The van der Waals surface area contributed by atoms with Crippen LogP contribution in [0.3, 0.4) is 0 Å².